The fourth-order valence-electron chi connectivity index (χ4n) is 2.58. The highest BCUT2D eigenvalue weighted by Gasteiger charge is 2.33. The van der Waals surface area contributed by atoms with Crippen molar-refractivity contribution in [2.24, 2.45) is 4.99 Å². The quantitative estimate of drug-likeness (QED) is 0.231. The van der Waals surface area contributed by atoms with Gasteiger partial charge in [0.25, 0.3) is 5.91 Å². The molecule has 1 aromatic heterocycles. The molecule has 1 heterocycles. The largest absolute Gasteiger partial charge is 0.469 e. The number of methoxy groups -OCH3 is 1. The summed E-state index contributed by atoms with van der Waals surface area (Å²) >= 11 is 0. The summed E-state index contributed by atoms with van der Waals surface area (Å²) in [5.74, 6) is -2.22. The normalized spacial score (nSPS) is 11.7. The maximum Gasteiger partial charge on any atom is 0.432 e. The number of hydrogen-bond donors (Lipinski definition) is 3. The molecule has 0 aliphatic carbocycles. The molecule has 3 N–H and O–H groups in total. The maximum atomic E-state index is 13.1. The van der Waals surface area contributed by atoms with Crippen LogP contribution >= 0.6 is 0 Å². The van der Waals surface area contributed by atoms with Gasteiger partial charge in [0.2, 0.25) is 5.96 Å². The highest BCUT2D eigenvalue weighted by atomic mass is 19.4. The van der Waals surface area contributed by atoms with Crippen molar-refractivity contribution in [2.45, 2.75) is 12.6 Å². The van der Waals surface area contributed by atoms with E-state index in [1.54, 1.807) is 24.3 Å². The fourth-order valence-corrected chi connectivity index (χ4v) is 2.58. The van der Waals surface area contributed by atoms with Crippen LogP contribution in [0.2, 0.25) is 0 Å². The van der Waals surface area contributed by atoms with Crippen molar-refractivity contribution >= 4 is 29.3 Å². The van der Waals surface area contributed by atoms with Gasteiger partial charge in [0.1, 0.15) is 11.5 Å². The van der Waals surface area contributed by atoms with E-state index in [0.29, 0.717) is 17.3 Å². The third-order valence-electron chi connectivity index (χ3n) is 4.23. The lowest BCUT2D eigenvalue weighted by Crippen LogP contribution is -2.35. The Hall–Kier alpha value is -4.22. The molecule has 0 aliphatic heterocycles. The number of carbonyl (C=O) groups is 2. The first-order chi connectivity index (χ1) is 15.6. The lowest BCUT2D eigenvalue weighted by Gasteiger charge is -2.12. The molecule has 0 radical (unpaired) electrons. The molecule has 0 fully saturated rings. The van der Waals surface area contributed by atoms with E-state index in [1.807, 2.05) is 5.10 Å². The van der Waals surface area contributed by atoms with E-state index < -0.39 is 29.6 Å². The molecule has 12 heteroatoms. The molecule has 8 nitrogen and oxygen atoms in total. The van der Waals surface area contributed by atoms with Crippen molar-refractivity contribution < 1.29 is 31.9 Å². The number of esters is 1. The molecule has 0 atom stereocenters. The number of halogens is 4. The average molecular weight is 463 g/mol. The number of amides is 1. The summed E-state index contributed by atoms with van der Waals surface area (Å²) in [6.07, 6.45) is -4.60. The molecular weight excluding hydrogens is 446 g/mol. The van der Waals surface area contributed by atoms with E-state index in [0.717, 1.165) is 12.1 Å². The second kappa shape index (κ2) is 9.94. The van der Waals surface area contributed by atoms with Crippen LogP contribution in [0.4, 0.5) is 29.1 Å². The summed E-state index contributed by atoms with van der Waals surface area (Å²) in [7, 11) is 1.27. The lowest BCUT2D eigenvalue weighted by atomic mass is 10.1. The minimum absolute atomic E-state index is 0.0481. The van der Waals surface area contributed by atoms with Gasteiger partial charge < -0.3 is 10.1 Å². The number of alkyl halides is 3. The number of rotatable bonds is 5. The van der Waals surface area contributed by atoms with E-state index >= 15 is 0 Å². The van der Waals surface area contributed by atoms with Crippen molar-refractivity contribution in [1.29, 1.82) is 0 Å². The summed E-state index contributed by atoms with van der Waals surface area (Å²) in [4.78, 5) is 27.8. The van der Waals surface area contributed by atoms with Crippen LogP contribution in [-0.2, 0) is 22.1 Å². The first kappa shape index (κ1) is 23.4. The van der Waals surface area contributed by atoms with Crippen LogP contribution in [0.1, 0.15) is 21.6 Å². The molecular formula is C21H17F4N5O3. The monoisotopic (exact) mass is 463 g/mol. The highest BCUT2D eigenvalue weighted by Crippen LogP contribution is 2.29. The number of hydrogen-bond acceptors (Lipinski definition) is 5. The van der Waals surface area contributed by atoms with Crippen LogP contribution in [0.3, 0.4) is 0 Å². The number of guanidine groups is 1. The number of nitrogens with zero attached hydrogens (tertiary/aromatic N) is 2. The summed E-state index contributed by atoms with van der Waals surface area (Å²) in [5, 5.41) is 10.5. The number of nitrogens with one attached hydrogen (secondary N) is 3. The van der Waals surface area contributed by atoms with Crippen molar-refractivity contribution in [1.82, 2.24) is 15.5 Å². The molecule has 33 heavy (non-hydrogen) atoms. The molecule has 1 amide bonds. The van der Waals surface area contributed by atoms with Gasteiger partial charge in [-0.15, -0.1) is 0 Å². The van der Waals surface area contributed by atoms with Gasteiger partial charge in [-0.25, -0.2) is 4.39 Å². The molecule has 172 valence electrons. The minimum Gasteiger partial charge on any atom is -0.469 e. The Morgan fingerprint density at radius 1 is 1.09 bits per heavy atom. The number of carbonyl (C=O) groups excluding carboxylic acids is 2. The molecule has 0 saturated heterocycles. The molecule has 0 spiro atoms. The van der Waals surface area contributed by atoms with Crippen LogP contribution in [0.15, 0.2) is 59.6 Å². The van der Waals surface area contributed by atoms with E-state index in [-0.39, 0.29) is 23.8 Å². The van der Waals surface area contributed by atoms with Crippen LogP contribution in [0, 0.1) is 5.82 Å². The number of aliphatic imine (C=N–C) groups is 1. The van der Waals surface area contributed by atoms with Gasteiger partial charge in [0.15, 0.2) is 5.82 Å². The first-order valence-corrected chi connectivity index (χ1v) is 9.35. The van der Waals surface area contributed by atoms with E-state index in [9.17, 15) is 27.2 Å². The number of benzene rings is 2. The van der Waals surface area contributed by atoms with E-state index in [1.165, 1.54) is 19.2 Å². The van der Waals surface area contributed by atoms with Crippen LogP contribution in [0.25, 0.3) is 0 Å². The van der Waals surface area contributed by atoms with Gasteiger partial charge in [-0.1, -0.05) is 12.1 Å². The smallest absolute Gasteiger partial charge is 0.432 e. The molecule has 0 bridgehead atoms. The molecule has 3 rings (SSSR count). The first-order valence-electron chi connectivity index (χ1n) is 9.35. The molecule has 0 unspecified atom stereocenters. The molecule has 0 aliphatic rings. The Bertz CT molecular complexity index is 1160. The van der Waals surface area contributed by atoms with Gasteiger partial charge in [-0.05, 0) is 42.0 Å². The lowest BCUT2D eigenvalue weighted by molar-refractivity contribution is -0.141. The van der Waals surface area contributed by atoms with Crippen molar-refractivity contribution in [3.63, 3.8) is 0 Å². The van der Waals surface area contributed by atoms with Crippen LogP contribution in [0.5, 0.6) is 0 Å². The summed E-state index contributed by atoms with van der Waals surface area (Å²) in [5.41, 5.74) is 0.0478. The second-order valence-corrected chi connectivity index (χ2v) is 6.63. The molecule has 3 aromatic rings. The Morgan fingerprint density at radius 2 is 1.76 bits per heavy atom. The predicted molar refractivity (Wildman–Crippen MR) is 110 cm³/mol. The number of H-pyrrole nitrogens is 1. The zero-order valence-electron chi connectivity index (χ0n) is 17.0. The zero-order valence-corrected chi connectivity index (χ0v) is 17.0. The SMILES string of the molecule is COC(=O)Cc1ccc(NC(=Nc2cc(C(F)(F)F)[nH]n2)NC(=O)c2ccc(F)cc2)cc1. The van der Waals surface area contributed by atoms with E-state index in [4.69, 9.17) is 0 Å². The summed E-state index contributed by atoms with van der Waals surface area (Å²) in [6.45, 7) is 0. The summed E-state index contributed by atoms with van der Waals surface area (Å²) < 4.78 is 56.2. The Balaban J connectivity index is 1.84. The summed E-state index contributed by atoms with van der Waals surface area (Å²) in [6, 6.07) is 11.7. The van der Waals surface area contributed by atoms with Gasteiger partial charge >= 0.3 is 12.1 Å². The third kappa shape index (κ3) is 6.63. The highest BCUT2D eigenvalue weighted by molar-refractivity contribution is 6.10. The van der Waals surface area contributed by atoms with Crippen molar-refractivity contribution in [2.75, 3.05) is 12.4 Å². The zero-order chi connectivity index (χ0) is 24.0. The van der Waals surface area contributed by atoms with E-state index in [2.05, 4.69) is 25.5 Å². The van der Waals surface area contributed by atoms with Crippen LogP contribution < -0.4 is 10.6 Å². The maximum absolute atomic E-state index is 13.1. The van der Waals surface area contributed by atoms with Crippen molar-refractivity contribution in [3.8, 4) is 0 Å². The fraction of sp³-hybridized carbons (Fsp3) is 0.143. The minimum atomic E-state index is -4.65. The molecule has 0 saturated carbocycles. The van der Waals surface area contributed by atoms with Crippen molar-refractivity contribution in [3.05, 3.63) is 77.2 Å². The number of anilines is 1. The topological polar surface area (TPSA) is 108 Å². The third-order valence-corrected chi connectivity index (χ3v) is 4.23. The predicted octanol–water partition coefficient (Wildman–Crippen LogP) is 3.81. The average Bonchev–Trinajstić information content (AvgIpc) is 3.24. The Labute approximate surface area is 184 Å². The number of ether oxygens (including phenoxy) is 1. The van der Waals surface area contributed by atoms with Gasteiger partial charge in [-0.2, -0.15) is 23.3 Å². The van der Waals surface area contributed by atoms with Gasteiger partial charge in [0.05, 0.1) is 13.5 Å². The van der Waals surface area contributed by atoms with Gasteiger partial charge in [0, 0.05) is 17.3 Å². The van der Waals surface area contributed by atoms with Crippen LogP contribution in [-0.4, -0.2) is 35.1 Å². The Morgan fingerprint density at radius 3 is 2.33 bits per heavy atom. The van der Waals surface area contributed by atoms with Gasteiger partial charge in [-0.3, -0.25) is 20.0 Å². The number of aromatic nitrogens is 2. The molecule has 2 aromatic carbocycles. The number of aromatic amines is 1. The second-order valence-electron chi connectivity index (χ2n) is 6.63. The Kier molecular flexibility index (Phi) is 7.06. The standard InChI is InChI=1S/C21H17F4N5O3/c1-33-18(31)10-12-2-8-15(9-3-12)26-20(27-17-11-16(29-30-17)21(23,24)25)28-19(32)13-4-6-14(22)7-5-13/h2-9,11H,10H2,1H3,(H3,26,27,28,29,30,32).